The summed E-state index contributed by atoms with van der Waals surface area (Å²) in [7, 11) is 0. The Hall–Kier alpha value is -2.91. The second-order valence-electron chi connectivity index (χ2n) is 7.35. The number of rotatable bonds is 5. The molecule has 0 saturated carbocycles. The van der Waals surface area contributed by atoms with E-state index in [0.29, 0.717) is 24.0 Å². The van der Waals surface area contributed by atoms with E-state index in [1.54, 1.807) is 17.0 Å². The van der Waals surface area contributed by atoms with Crippen LogP contribution >= 0.6 is 11.6 Å². The van der Waals surface area contributed by atoms with Crippen LogP contribution in [0.3, 0.4) is 0 Å². The van der Waals surface area contributed by atoms with Crippen molar-refractivity contribution in [3.63, 3.8) is 0 Å². The average Bonchev–Trinajstić information content (AvgIpc) is 3.29. The van der Waals surface area contributed by atoms with Crippen LogP contribution < -0.4 is 5.32 Å². The molecular weight excluding hydrogens is 408 g/mol. The van der Waals surface area contributed by atoms with Crippen molar-refractivity contribution in [1.82, 2.24) is 30.4 Å². The second kappa shape index (κ2) is 8.45. The minimum atomic E-state index is -0.715. The van der Waals surface area contributed by atoms with E-state index in [1.165, 1.54) is 0 Å². The lowest BCUT2D eigenvalue weighted by Gasteiger charge is -2.32. The number of aromatic amines is 2. The lowest BCUT2D eigenvalue weighted by atomic mass is 10.1. The summed E-state index contributed by atoms with van der Waals surface area (Å²) < 4.78 is 5.59. The van der Waals surface area contributed by atoms with E-state index in [9.17, 15) is 9.59 Å². The predicted octanol–water partition coefficient (Wildman–Crippen LogP) is 1.64. The number of carbonyl (C=O) groups excluding carboxylic acids is 2. The Morgan fingerprint density at radius 3 is 2.97 bits per heavy atom. The van der Waals surface area contributed by atoms with Gasteiger partial charge in [-0.3, -0.25) is 14.7 Å². The molecule has 3 N–H and O–H groups in total. The number of halogens is 1. The summed E-state index contributed by atoms with van der Waals surface area (Å²) >= 11 is 5.99. The summed E-state index contributed by atoms with van der Waals surface area (Å²) in [5.41, 5.74) is 4.19. The number of amides is 2. The van der Waals surface area contributed by atoms with Gasteiger partial charge in [-0.2, -0.15) is 5.10 Å². The number of hydrogen-bond acceptors (Lipinski definition) is 5. The smallest absolute Gasteiger partial charge is 0.251 e. The minimum Gasteiger partial charge on any atom is -0.365 e. The minimum absolute atomic E-state index is 0.0436. The van der Waals surface area contributed by atoms with E-state index in [2.05, 4.69) is 25.5 Å². The third-order valence-electron chi connectivity index (χ3n) is 5.24. The molecule has 1 aliphatic heterocycles. The molecular formula is C20H23ClN6O3. The van der Waals surface area contributed by atoms with Gasteiger partial charge in [-0.25, -0.2) is 4.98 Å². The largest absolute Gasteiger partial charge is 0.365 e. The number of benzene rings is 1. The van der Waals surface area contributed by atoms with Gasteiger partial charge in [0, 0.05) is 22.8 Å². The van der Waals surface area contributed by atoms with Crippen LogP contribution in [0, 0.1) is 13.8 Å². The van der Waals surface area contributed by atoms with Gasteiger partial charge in [0.1, 0.15) is 5.82 Å². The van der Waals surface area contributed by atoms with Gasteiger partial charge in [0.2, 0.25) is 5.91 Å². The quantitative estimate of drug-likeness (QED) is 0.569. The molecule has 1 aliphatic rings. The maximum absolute atomic E-state index is 12.7. The number of carbonyl (C=O) groups is 2. The fourth-order valence-electron chi connectivity index (χ4n) is 3.54. The Labute approximate surface area is 178 Å². The van der Waals surface area contributed by atoms with Crippen molar-refractivity contribution in [3.05, 3.63) is 46.0 Å². The highest BCUT2D eigenvalue weighted by molar-refractivity contribution is 6.31. The van der Waals surface area contributed by atoms with Crippen LogP contribution in [0.1, 0.15) is 22.8 Å². The van der Waals surface area contributed by atoms with Crippen molar-refractivity contribution in [3.8, 4) is 0 Å². The molecule has 1 aromatic carbocycles. The highest BCUT2D eigenvalue weighted by Crippen LogP contribution is 2.17. The maximum Gasteiger partial charge on any atom is 0.251 e. The summed E-state index contributed by atoms with van der Waals surface area (Å²) in [5.74, 6) is 0.301. The van der Waals surface area contributed by atoms with Gasteiger partial charge >= 0.3 is 0 Å². The topological polar surface area (TPSA) is 116 Å². The van der Waals surface area contributed by atoms with E-state index in [-0.39, 0.29) is 31.3 Å². The summed E-state index contributed by atoms with van der Waals surface area (Å²) in [4.78, 5) is 34.5. The van der Waals surface area contributed by atoms with Crippen molar-refractivity contribution in [1.29, 1.82) is 0 Å². The molecule has 9 nitrogen and oxygen atoms in total. The predicted molar refractivity (Wildman–Crippen MR) is 111 cm³/mol. The average molecular weight is 431 g/mol. The zero-order valence-electron chi connectivity index (χ0n) is 16.8. The molecule has 158 valence electrons. The molecule has 1 fully saturated rings. The number of aryl methyl sites for hydroxylation is 2. The van der Waals surface area contributed by atoms with Crippen molar-refractivity contribution >= 4 is 34.4 Å². The molecule has 10 heteroatoms. The van der Waals surface area contributed by atoms with Crippen LogP contribution in [0.25, 0.3) is 11.0 Å². The number of fused-ring (bicyclic) bond motifs is 1. The third-order valence-corrected chi connectivity index (χ3v) is 5.48. The van der Waals surface area contributed by atoms with Crippen LogP contribution in [-0.4, -0.2) is 62.7 Å². The van der Waals surface area contributed by atoms with Crippen LogP contribution in [-0.2, 0) is 27.3 Å². The lowest BCUT2D eigenvalue weighted by Crippen LogP contribution is -2.51. The van der Waals surface area contributed by atoms with Crippen molar-refractivity contribution < 1.29 is 14.3 Å². The molecule has 0 radical (unpaired) electrons. The molecule has 0 aliphatic carbocycles. The first-order valence-electron chi connectivity index (χ1n) is 9.72. The van der Waals surface area contributed by atoms with Gasteiger partial charge in [0.25, 0.3) is 5.91 Å². The van der Waals surface area contributed by atoms with Crippen LogP contribution in [0.4, 0.5) is 0 Å². The highest BCUT2D eigenvalue weighted by Gasteiger charge is 2.29. The van der Waals surface area contributed by atoms with Crippen LogP contribution in [0.5, 0.6) is 0 Å². The molecule has 4 rings (SSSR count). The standard InChI is InChI=1S/C20H23ClN6O3/c1-11-14(12(2)26-25-11)8-19(28)27-5-6-30-17(10-27)20(29)22-9-18-23-15-4-3-13(21)7-16(15)24-18/h3-4,7,17H,5-6,8-10H2,1-2H3,(H,22,29)(H,23,24)(H,25,26). The Kier molecular flexibility index (Phi) is 5.74. The summed E-state index contributed by atoms with van der Waals surface area (Å²) in [6.07, 6.45) is -0.461. The van der Waals surface area contributed by atoms with Crippen molar-refractivity contribution in [2.24, 2.45) is 0 Å². The maximum atomic E-state index is 12.7. The molecule has 1 unspecified atom stereocenters. The van der Waals surface area contributed by atoms with E-state index >= 15 is 0 Å². The fraction of sp³-hybridized carbons (Fsp3) is 0.400. The SMILES string of the molecule is Cc1n[nH]c(C)c1CC(=O)N1CCOC(C(=O)NCc2nc3ccc(Cl)cc3[nH]2)C1. The molecule has 3 aromatic rings. The molecule has 0 bridgehead atoms. The molecule has 0 spiro atoms. The number of nitrogens with zero attached hydrogens (tertiary/aromatic N) is 3. The molecule has 3 heterocycles. The molecule has 1 atom stereocenters. The van der Waals surface area contributed by atoms with Crippen LogP contribution in [0.2, 0.25) is 5.02 Å². The highest BCUT2D eigenvalue weighted by atomic mass is 35.5. The van der Waals surface area contributed by atoms with Crippen LogP contribution in [0.15, 0.2) is 18.2 Å². The first kappa shape index (κ1) is 20.4. The van der Waals surface area contributed by atoms with E-state index in [0.717, 1.165) is 28.0 Å². The Bertz CT molecular complexity index is 1070. The van der Waals surface area contributed by atoms with E-state index in [1.807, 2.05) is 19.9 Å². The first-order chi connectivity index (χ1) is 14.4. The monoisotopic (exact) mass is 430 g/mol. The summed E-state index contributed by atoms with van der Waals surface area (Å²) in [5, 5.41) is 10.5. The van der Waals surface area contributed by atoms with Gasteiger partial charge in [-0.05, 0) is 32.0 Å². The number of H-pyrrole nitrogens is 2. The van der Waals surface area contributed by atoms with Gasteiger partial charge in [0.05, 0.1) is 42.8 Å². The van der Waals surface area contributed by atoms with Gasteiger partial charge in [0.15, 0.2) is 6.10 Å². The van der Waals surface area contributed by atoms with Crippen molar-refractivity contribution in [2.45, 2.75) is 32.9 Å². The summed E-state index contributed by atoms with van der Waals surface area (Å²) in [6.45, 7) is 4.99. The Morgan fingerprint density at radius 2 is 2.20 bits per heavy atom. The van der Waals surface area contributed by atoms with Gasteiger partial charge in [-0.1, -0.05) is 11.6 Å². The molecule has 1 saturated heterocycles. The summed E-state index contributed by atoms with van der Waals surface area (Å²) in [6, 6.07) is 5.37. The van der Waals surface area contributed by atoms with Gasteiger partial charge in [-0.15, -0.1) is 0 Å². The molecule has 2 aromatic heterocycles. The number of ether oxygens (including phenoxy) is 1. The first-order valence-corrected chi connectivity index (χ1v) is 10.1. The number of aromatic nitrogens is 4. The lowest BCUT2D eigenvalue weighted by molar-refractivity contribution is -0.146. The van der Waals surface area contributed by atoms with E-state index < -0.39 is 6.10 Å². The second-order valence-corrected chi connectivity index (χ2v) is 7.79. The van der Waals surface area contributed by atoms with E-state index in [4.69, 9.17) is 16.3 Å². The number of morpholine rings is 1. The Balaban J connectivity index is 1.34. The third kappa shape index (κ3) is 4.31. The zero-order valence-corrected chi connectivity index (χ0v) is 17.5. The number of nitrogens with one attached hydrogen (secondary N) is 3. The molecule has 30 heavy (non-hydrogen) atoms. The number of imidazole rings is 1. The zero-order chi connectivity index (χ0) is 21.3. The normalized spacial score (nSPS) is 16.8. The molecule has 2 amide bonds. The van der Waals surface area contributed by atoms with Crippen molar-refractivity contribution in [2.75, 3.05) is 19.7 Å². The number of hydrogen-bond donors (Lipinski definition) is 3. The fourth-order valence-corrected chi connectivity index (χ4v) is 3.71. The Morgan fingerprint density at radius 1 is 1.37 bits per heavy atom. The van der Waals surface area contributed by atoms with Gasteiger partial charge < -0.3 is 19.9 Å².